The molecule has 0 saturated carbocycles. The van der Waals surface area contributed by atoms with E-state index in [1.54, 1.807) is 0 Å². The number of hydrogen-bond acceptors (Lipinski definition) is 2. The monoisotopic (exact) mass is 351 g/mol. The Morgan fingerprint density at radius 3 is 2.85 bits per heavy atom. The van der Waals surface area contributed by atoms with Crippen LogP contribution < -0.4 is 9.64 Å². The molecule has 104 valence electrons. The highest BCUT2D eigenvalue weighted by Gasteiger charge is 2.19. The van der Waals surface area contributed by atoms with E-state index in [2.05, 4.69) is 39.0 Å². The fourth-order valence-corrected chi connectivity index (χ4v) is 3.05. The SMILES string of the molecule is ClCc1ccc(Br)cc1N1CCCOc2ccccc21. The van der Waals surface area contributed by atoms with Crippen LogP contribution in [0.1, 0.15) is 12.0 Å². The Bertz CT molecular complexity index is 617. The van der Waals surface area contributed by atoms with Crippen LogP contribution in [0.2, 0.25) is 0 Å². The lowest BCUT2D eigenvalue weighted by Gasteiger charge is -2.26. The molecule has 0 aliphatic carbocycles. The fourth-order valence-electron chi connectivity index (χ4n) is 2.48. The smallest absolute Gasteiger partial charge is 0.142 e. The van der Waals surface area contributed by atoms with Crippen molar-refractivity contribution >= 4 is 38.9 Å². The van der Waals surface area contributed by atoms with Crippen LogP contribution in [0.25, 0.3) is 0 Å². The first kappa shape index (κ1) is 13.8. The molecule has 0 spiro atoms. The van der Waals surface area contributed by atoms with Gasteiger partial charge >= 0.3 is 0 Å². The van der Waals surface area contributed by atoms with Crippen molar-refractivity contribution in [1.82, 2.24) is 0 Å². The van der Waals surface area contributed by atoms with E-state index >= 15 is 0 Å². The molecule has 20 heavy (non-hydrogen) atoms. The second-order valence-corrected chi connectivity index (χ2v) is 5.91. The zero-order valence-corrected chi connectivity index (χ0v) is 13.3. The summed E-state index contributed by atoms with van der Waals surface area (Å²) < 4.78 is 6.88. The minimum Gasteiger partial charge on any atom is -0.491 e. The maximum atomic E-state index is 6.10. The lowest BCUT2D eigenvalue weighted by Crippen LogP contribution is -2.19. The molecule has 0 atom stereocenters. The number of rotatable bonds is 2. The third-order valence-electron chi connectivity index (χ3n) is 3.42. The maximum Gasteiger partial charge on any atom is 0.142 e. The van der Waals surface area contributed by atoms with Crippen molar-refractivity contribution in [2.24, 2.45) is 0 Å². The molecule has 1 heterocycles. The number of halogens is 2. The van der Waals surface area contributed by atoms with Gasteiger partial charge in [0, 0.05) is 22.6 Å². The number of ether oxygens (including phenoxy) is 1. The second-order valence-electron chi connectivity index (χ2n) is 4.73. The Hall–Kier alpha value is -1.19. The van der Waals surface area contributed by atoms with E-state index < -0.39 is 0 Å². The molecule has 0 aromatic heterocycles. The van der Waals surface area contributed by atoms with Crippen molar-refractivity contribution in [3.63, 3.8) is 0 Å². The van der Waals surface area contributed by atoms with Gasteiger partial charge in [0.2, 0.25) is 0 Å². The van der Waals surface area contributed by atoms with Crippen LogP contribution in [0.15, 0.2) is 46.9 Å². The maximum absolute atomic E-state index is 6.10. The number of anilines is 2. The molecule has 0 saturated heterocycles. The molecule has 0 amide bonds. The van der Waals surface area contributed by atoms with E-state index in [1.807, 2.05) is 24.3 Å². The summed E-state index contributed by atoms with van der Waals surface area (Å²) in [5.74, 6) is 1.44. The van der Waals surface area contributed by atoms with Gasteiger partial charge in [-0.05, 0) is 36.2 Å². The molecule has 2 nitrogen and oxygen atoms in total. The van der Waals surface area contributed by atoms with Crippen LogP contribution in [-0.4, -0.2) is 13.2 Å². The minimum atomic E-state index is 0.502. The number of hydrogen-bond donors (Lipinski definition) is 0. The predicted octanol–water partition coefficient (Wildman–Crippen LogP) is 5.11. The van der Waals surface area contributed by atoms with Gasteiger partial charge in [-0.2, -0.15) is 0 Å². The number of para-hydroxylation sites is 2. The molecule has 2 aromatic carbocycles. The average molecular weight is 353 g/mol. The van der Waals surface area contributed by atoms with Crippen molar-refractivity contribution in [2.45, 2.75) is 12.3 Å². The van der Waals surface area contributed by atoms with Crippen LogP contribution in [0.3, 0.4) is 0 Å². The standard InChI is InChI=1S/C16H15BrClNO/c17-13-7-6-12(11-18)15(10-13)19-8-3-9-20-16-5-2-1-4-14(16)19/h1-2,4-7,10H,3,8-9,11H2. The molecular weight excluding hydrogens is 338 g/mol. The van der Waals surface area contributed by atoms with Gasteiger partial charge in [0.1, 0.15) is 5.75 Å². The Morgan fingerprint density at radius 2 is 2.00 bits per heavy atom. The Kier molecular flexibility index (Phi) is 4.18. The van der Waals surface area contributed by atoms with Crippen LogP contribution in [0.4, 0.5) is 11.4 Å². The third-order valence-corrected chi connectivity index (χ3v) is 4.20. The largest absolute Gasteiger partial charge is 0.491 e. The van der Waals surface area contributed by atoms with E-state index in [-0.39, 0.29) is 0 Å². The van der Waals surface area contributed by atoms with Crippen molar-refractivity contribution in [2.75, 3.05) is 18.1 Å². The highest BCUT2D eigenvalue weighted by molar-refractivity contribution is 9.10. The van der Waals surface area contributed by atoms with Gasteiger partial charge < -0.3 is 9.64 Å². The Labute approximate surface area is 132 Å². The summed E-state index contributed by atoms with van der Waals surface area (Å²) in [5.41, 5.74) is 3.38. The number of benzene rings is 2. The van der Waals surface area contributed by atoms with Crippen molar-refractivity contribution in [3.05, 3.63) is 52.5 Å². The van der Waals surface area contributed by atoms with Gasteiger partial charge in [0.05, 0.1) is 12.3 Å². The summed E-state index contributed by atoms with van der Waals surface area (Å²) in [5, 5.41) is 0. The van der Waals surface area contributed by atoms with Crippen molar-refractivity contribution < 1.29 is 4.74 Å². The van der Waals surface area contributed by atoms with E-state index in [1.165, 1.54) is 0 Å². The molecule has 0 N–H and O–H groups in total. The zero-order valence-electron chi connectivity index (χ0n) is 11.0. The molecule has 2 aromatic rings. The summed E-state index contributed by atoms with van der Waals surface area (Å²) in [6, 6.07) is 14.4. The van der Waals surface area contributed by atoms with Crippen LogP contribution in [0.5, 0.6) is 5.75 Å². The summed E-state index contributed by atoms with van der Waals surface area (Å²) in [7, 11) is 0. The third kappa shape index (κ3) is 2.65. The Morgan fingerprint density at radius 1 is 1.15 bits per heavy atom. The first-order valence-electron chi connectivity index (χ1n) is 6.63. The second kappa shape index (κ2) is 6.06. The quantitative estimate of drug-likeness (QED) is 0.697. The minimum absolute atomic E-state index is 0.502. The van der Waals surface area contributed by atoms with E-state index in [9.17, 15) is 0 Å². The molecule has 4 heteroatoms. The van der Waals surface area contributed by atoms with Crippen LogP contribution in [-0.2, 0) is 5.88 Å². The number of nitrogens with zero attached hydrogens (tertiary/aromatic N) is 1. The highest BCUT2D eigenvalue weighted by atomic mass is 79.9. The topological polar surface area (TPSA) is 12.5 Å². The lowest BCUT2D eigenvalue weighted by atomic mass is 10.1. The normalized spacial score (nSPS) is 14.4. The summed E-state index contributed by atoms with van der Waals surface area (Å²) in [6.07, 6.45) is 0.989. The van der Waals surface area contributed by atoms with E-state index in [0.29, 0.717) is 5.88 Å². The van der Waals surface area contributed by atoms with Gasteiger partial charge in [-0.15, -0.1) is 11.6 Å². The van der Waals surface area contributed by atoms with Gasteiger partial charge in [-0.25, -0.2) is 0 Å². The van der Waals surface area contributed by atoms with Crippen molar-refractivity contribution in [3.8, 4) is 5.75 Å². The molecule has 0 radical (unpaired) electrons. The molecular formula is C16H15BrClNO. The fraction of sp³-hybridized carbons (Fsp3) is 0.250. The first-order chi connectivity index (χ1) is 9.79. The predicted molar refractivity (Wildman–Crippen MR) is 87.3 cm³/mol. The van der Waals surface area contributed by atoms with E-state index in [0.717, 1.165) is 46.7 Å². The molecule has 1 aliphatic rings. The summed E-state index contributed by atoms with van der Waals surface area (Å²) >= 11 is 9.65. The first-order valence-corrected chi connectivity index (χ1v) is 7.96. The van der Waals surface area contributed by atoms with Gasteiger partial charge in [0.25, 0.3) is 0 Å². The van der Waals surface area contributed by atoms with Gasteiger partial charge in [0.15, 0.2) is 0 Å². The lowest BCUT2D eigenvalue weighted by molar-refractivity contribution is 0.322. The van der Waals surface area contributed by atoms with Gasteiger partial charge in [-0.1, -0.05) is 34.1 Å². The summed E-state index contributed by atoms with van der Waals surface area (Å²) in [6.45, 7) is 1.68. The van der Waals surface area contributed by atoms with E-state index in [4.69, 9.17) is 16.3 Å². The Balaban J connectivity index is 2.12. The zero-order chi connectivity index (χ0) is 13.9. The molecule has 3 rings (SSSR count). The highest BCUT2D eigenvalue weighted by Crippen LogP contribution is 2.38. The van der Waals surface area contributed by atoms with Gasteiger partial charge in [-0.3, -0.25) is 0 Å². The molecule has 0 unspecified atom stereocenters. The van der Waals surface area contributed by atoms with Crippen molar-refractivity contribution in [1.29, 1.82) is 0 Å². The van der Waals surface area contributed by atoms with Crippen LogP contribution in [0, 0.1) is 0 Å². The number of alkyl halides is 1. The molecule has 1 aliphatic heterocycles. The summed E-state index contributed by atoms with van der Waals surface area (Å²) in [4.78, 5) is 2.30. The van der Waals surface area contributed by atoms with Crippen LogP contribution >= 0.6 is 27.5 Å². The molecule has 0 bridgehead atoms. The average Bonchev–Trinajstić information content (AvgIpc) is 2.69. The molecule has 0 fully saturated rings. The number of fused-ring (bicyclic) bond motifs is 1.